The number of likely N-dealkylation sites (tertiary alicyclic amines) is 1. The maximum Gasteiger partial charge on any atom is 0.242 e. The number of hydrogen-bond donors (Lipinski definition) is 0. The fourth-order valence-electron chi connectivity index (χ4n) is 3.49. The number of hydrogen-bond acceptors (Lipinski definition) is 4. The lowest BCUT2D eigenvalue weighted by Crippen LogP contribution is -2.42. The van der Waals surface area contributed by atoms with Crippen LogP contribution in [0.1, 0.15) is 25.7 Å². The number of halogens is 3. The van der Waals surface area contributed by atoms with Gasteiger partial charge >= 0.3 is 0 Å². The number of benzene rings is 2. The molecule has 3 rings (SSSR count). The first kappa shape index (κ1) is 24.1. The Morgan fingerprint density at radius 3 is 2.31 bits per heavy atom. The van der Waals surface area contributed by atoms with Gasteiger partial charge in [0.05, 0.1) is 4.90 Å². The highest BCUT2D eigenvalue weighted by Crippen LogP contribution is 2.23. The molecular weight excluding hydrogens is 445 g/mol. The Bertz CT molecular complexity index is 1040. The third-order valence-electron chi connectivity index (χ3n) is 5.37. The lowest BCUT2D eigenvalue weighted by Gasteiger charge is -2.32. The van der Waals surface area contributed by atoms with Crippen molar-refractivity contribution < 1.29 is 31.1 Å². The van der Waals surface area contributed by atoms with Gasteiger partial charge in [0.2, 0.25) is 15.9 Å². The van der Waals surface area contributed by atoms with E-state index in [1.807, 2.05) is 0 Å². The van der Waals surface area contributed by atoms with E-state index in [0.29, 0.717) is 32.4 Å². The third-order valence-corrected chi connectivity index (χ3v) is 7.24. The summed E-state index contributed by atoms with van der Waals surface area (Å²) >= 11 is 0. The van der Waals surface area contributed by atoms with Crippen LogP contribution in [0.2, 0.25) is 0 Å². The first-order chi connectivity index (χ1) is 15.2. The molecule has 2 aromatic carbocycles. The molecule has 0 aliphatic carbocycles. The van der Waals surface area contributed by atoms with Gasteiger partial charge in [0.15, 0.2) is 11.6 Å². The number of nitrogens with zero attached hydrogens (tertiary/aromatic N) is 2. The van der Waals surface area contributed by atoms with E-state index in [9.17, 15) is 26.4 Å². The van der Waals surface area contributed by atoms with Crippen molar-refractivity contribution in [3.8, 4) is 5.75 Å². The Hall–Kier alpha value is -2.59. The van der Waals surface area contributed by atoms with Gasteiger partial charge in [-0.25, -0.2) is 25.9 Å². The molecule has 1 saturated heterocycles. The molecule has 0 radical (unpaired) electrons. The van der Waals surface area contributed by atoms with Crippen molar-refractivity contribution in [2.75, 3.05) is 26.7 Å². The molecule has 2 aromatic rings. The van der Waals surface area contributed by atoms with E-state index < -0.39 is 27.5 Å². The van der Waals surface area contributed by atoms with Gasteiger partial charge in [0.25, 0.3) is 0 Å². The largest absolute Gasteiger partial charge is 0.487 e. The van der Waals surface area contributed by atoms with Crippen molar-refractivity contribution in [2.24, 2.45) is 0 Å². The molecule has 1 amide bonds. The van der Waals surface area contributed by atoms with Crippen LogP contribution >= 0.6 is 0 Å². The maximum absolute atomic E-state index is 13.7. The Morgan fingerprint density at radius 1 is 1.06 bits per heavy atom. The third kappa shape index (κ3) is 6.01. The zero-order valence-electron chi connectivity index (χ0n) is 17.6. The quantitative estimate of drug-likeness (QED) is 0.592. The summed E-state index contributed by atoms with van der Waals surface area (Å²) in [6.07, 6.45) is 1.28. The second kappa shape index (κ2) is 10.4. The summed E-state index contributed by atoms with van der Waals surface area (Å²) in [7, 11) is -2.33. The smallest absolute Gasteiger partial charge is 0.242 e. The van der Waals surface area contributed by atoms with Gasteiger partial charge in [-0.05, 0) is 42.8 Å². The van der Waals surface area contributed by atoms with Crippen molar-refractivity contribution in [2.45, 2.75) is 36.7 Å². The van der Waals surface area contributed by atoms with E-state index in [4.69, 9.17) is 4.74 Å². The molecule has 1 aliphatic heterocycles. The normalized spacial score (nSPS) is 15.2. The number of amides is 1. The first-order valence-electron chi connectivity index (χ1n) is 10.3. The fraction of sp³-hybridized carbons (Fsp3) is 0.409. The van der Waals surface area contributed by atoms with E-state index in [1.54, 1.807) is 4.90 Å². The zero-order chi connectivity index (χ0) is 23.3. The fourth-order valence-corrected chi connectivity index (χ4v) is 4.70. The Kier molecular flexibility index (Phi) is 7.78. The summed E-state index contributed by atoms with van der Waals surface area (Å²) < 4.78 is 71.5. The predicted molar refractivity (Wildman–Crippen MR) is 112 cm³/mol. The van der Waals surface area contributed by atoms with Crippen molar-refractivity contribution >= 4 is 15.9 Å². The highest BCUT2D eigenvalue weighted by Gasteiger charge is 2.25. The number of rotatable bonds is 8. The van der Waals surface area contributed by atoms with Gasteiger partial charge < -0.3 is 9.64 Å². The number of carbonyl (C=O) groups is 1. The van der Waals surface area contributed by atoms with Gasteiger partial charge in [0, 0.05) is 52.0 Å². The highest BCUT2D eigenvalue weighted by atomic mass is 32.2. The average molecular weight is 471 g/mol. The second-order valence-electron chi connectivity index (χ2n) is 7.66. The molecule has 1 aliphatic rings. The average Bonchev–Trinajstić information content (AvgIpc) is 2.76. The lowest BCUT2D eigenvalue weighted by atomic mass is 10.1. The topological polar surface area (TPSA) is 66.9 Å². The summed E-state index contributed by atoms with van der Waals surface area (Å²) in [6, 6.07) is 7.72. The van der Waals surface area contributed by atoms with Crippen LogP contribution in [-0.2, 0) is 14.8 Å². The molecule has 1 heterocycles. The monoisotopic (exact) mass is 470 g/mol. The SMILES string of the molecule is CN(CCCC(=O)N1CCC(Oc2ccc(F)cc2F)CC1)S(=O)(=O)c1ccc(F)cc1. The number of ether oxygens (including phenoxy) is 1. The minimum absolute atomic E-state index is 0.00705. The number of sulfonamides is 1. The van der Waals surface area contributed by atoms with Gasteiger partial charge in [0.1, 0.15) is 17.7 Å². The number of piperidine rings is 1. The van der Waals surface area contributed by atoms with E-state index >= 15 is 0 Å². The van der Waals surface area contributed by atoms with Gasteiger partial charge in [-0.1, -0.05) is 0 Å². The predicted octanol–water partition coefficient (Wildman–Crippen LogP) is 3.57. The Labute approximate surface area is 185 Å². The summed E-state index contributed by atoms with van der Waals surface area (Å²) in [6.45, 7) is 1.03. The summed E-state index contributed by atoms with van der Waals surface area (Å²) in [5, 5.41) is 0. The van der Waals surface area contributed by atoms with Crippen molar-refractivity contribution in [3.63, 3.8) is 0 Å². The van der Waals surface area contributed by atoms with E-state index in [-0.39, 0.29) is 35.6 Å². The van der Waals surface area contributed by atoms with Gasteiger partial charge in [-0.3, -0.25) is 4.79 Å². The molecule has 32 heavy (non-hydrogen) atoms. The minimum atomic E-state index is -3.75. The Balaban J connectivity index is 1.42. The molecule has 1 fully saturated rings. The van der Waals surface area contributed by atoms with E-state index in [0.717, 1.165) is 28.6 Å². The second-order valence-corrected chi connectivity index (χ2v) is 9.70. The lowest BCUT2D eigenvalue weighted by molar-refractivity contribution is -0.133. The van der Waals surface area contributed by atoms with Gasteiger partial charge in [-0.15, -0.1) is 0 Å². The molecule has 174 valence electrons. The molecule has 10 heteroatoms. The molecular formula is C22H25F3N2O4S. The standard InChI is InChI=1S/C22H25F3N2O4S/c1-26(32(29,30)19-7-4-16(23)5-8-19)12-2-3-22(28)27-13-10-18(11-14-27)31-21-9-6-17(24)15-20(21)25/h4-9,15,18H,2-3,10-14H2,1H3. The molecule has 0 unspecified atom stereocenters. The molecule has 0 spiro atoms. The van der Waals surface area contributed by atoms with Crippen molar-refractivity contribution in [1.29, 1.82) is 0 Å². The zero-order valence-corrected chi connectivity index (χ0v) is 18.5. The molecule has 0 bridgehead atoms. The van der Waals surface area contributed by atoms with Crippen LogP contribution < -0.4 is 4.74 Å². The molecule has 0 atom stereocenters. The maximum atomic E-state index is 13.7. The van der Waals surface area contributed by atoms with Crippen LogP contribution in [0.3, 0.4) is 0 Å². The van der Waals surface area contributed by atoms with Crippen LogP contribution in [0.25, 0.3) is 0 Å². The van der Waals surface area contributed by atoms with Crippen LogP contribution in [0.15, 0.2) is 47.4 Å². The van der Waals surface area contributed by atoms with E-state index in [1.165, 1.54) is 25.2 Å². The first-order valence-corrected chi connectivity index (χ1v) is 11.7. The summed E-state index contributed by atoms with van der Waals surface area (Å²) in [4.78, 5) is 14.1. The van der Waals surface area contributed by atoms with E-state index in [2.05, 4.69) is 0 Å². The van der Waals surface area contributed by atoms with Crippen LogP contribution in [-0.4, -0.2) is 56.3 Å². The Morgan fingerprint density at radius 2 is 1.69 bits per heavy atom. The minimum Gasteiger partial charge on any atom is -0.487 e. The molecule has 0 saturated carbocycles. The molecule has 6 nitrogen and oxygen atoms in total. The van der Waals surface area contributed by atoms with Gasteiger partial charge in [-0.2, -0.15) is 0 Å². The van der Waals surface area contributed by atoms with Crippen LogP contribution in [0.5, 0.6) is 5.75 Å². The summed E-state index contributed by atoms with van der Waals surface area (Å²) in [5.41, 5.74) is 0. The molecule has 0 N–H and O–H groups in total. The van der Waals surface area contributed by atoms with Crippen molar-refractivity contribution in [3.05, 3.63) is 59.9 Å². The van der Waals surface area contributed by atoms with Crippen LogP contribution in [0.4, 0.5) is 13.2 Å². The number of carbonyl (C=O) groups excluding carboxylic acids is 1. The summed E-state index contributed by atoms with van der Waals surface area (Å²) in [5.74, 6) is -2.06. The van der Waals surface area contributed by atoms with Crippen LogP contribution in [0, 0.1) is 17.5 Å². The van der Waals surface area contributed by atoms with Crippen molar-refractivity contribution in [1.82, 2.24) is 9.21 Å². The highest BCUT2D eigenvalue weighted by molar-refractivity contribution is 7.89. The molecule has 0 aromatic heterocycles.